The van der Waals surface area contributed by atoms with Gasteiger partial charge in [-0.1, -0.05) is 25.1 Å². The summed E-state index contributed by atoms with van der Waals surface area (Å²) in [7, 11) is 0. The van der Waals surface area contributed by atoms with E-state index in [0.717, 1.165) is 34.8 Å². The monoisotopic (exact) mass is 375 g/mol. The highest BCUT2D eigenvalue weighted by Gasteiger charge is 2.13. The average Bonchev–Trinajstić information content (AvgIpc) is 2.74. The Labute approximate surface area is 163 Å². The molecule has 0 radical (unpaired) electrons. The number of rotatable bonds is 5. The molecule has 0 unspecified atom stereocenters. The largest absolute Gasteiger partial charge is 0.486 e. The van der Waals surface area contributed by atoms with Crippen LogP contribution < -0.4 is 20.1 Å². The molecule has 2 heterocycles. The average molecular weight is 375 g/mol. The van der Waals surface area contributed by atoms with Gasteiger partial charge >= 0.3 is 0 Å². The summed E-state index contributed by atoms with van der Waals surface area (Å²) in [5, 5.41) is 6.22. The summed E-state index contributed by atoms with van der Waals surface area (Å²) in [6.45, 7) is 3.15. The summed E-state index contributed by atoms with van der Waals surface area (Å²) >= 11 is 0. The van der Waals surface area contributed by atoms with Crippen LogP contribution in [0, 0.1) is 0 Å². The van der Waals surface area contributed by atoms with Crippen molar-refractivity contribution in [2.75, 3.05) is 23.8 Å². The Morgan fingerprint density at radius 3 is 2.64 bits per heavy atom. The van der Waals surface area contributed by atoms with Crippen LogP contribution in [0.25, 0.3) is 0 Å². The number of carbonyl (C=O) groups excluding carboxylic acids is 1. The first-order valence-corrected chi connectivity index (χ1v) is 9.25. The molecule has 1 amide bonds. The van der Waals surface area contributed by atoms with Gasteiger partial charge in [0.2, 0.25) is 0 Å². The molecule has 3 aromatic rings. The van der Waals surface area contributed by atoms with E-state index >= 15 is 0 Å². The van der Waals surface area contributed by atoms with Crippen molar-refractivity contribution in [3.05, 3.63) is 72.1 Å². The molecule has 28 heavy (non-hydrogen) atoms. The zero-order valence-electron chi connectivity index (χ0n) is 15.6. The number of anilines is 3. The lowest BCUT2D eigenvalue weighted by Gasteiger charge is -2.19. The van der Waals surface area contributed by atoms with Crippen LogP contribution in [0.1, 0.15) is 23.0 Å². The highest BCUT2D eigenvalue weighted by molar-refractivity contribution is 6.03. The van der Waals surface area contributed by atoms with Gasteiger partial charge in [0.15, 0.2) is 11.5 Å². The molecule has 142 valence electrons. The standard InChI is InChI=1S/C22H21N3O3/c1-2-15-5-3-4-6-18(15)25-22(26)19-13-17(9-10-23-19)24-16-7-8-20-21(14-16)28-12-11-27-20/h3-10,13-14H,2,11-12H2,1H3,(H,23,24)(H,25,26). The van der Waals surface area contributed by atoms with E-state index < -0.39 is 0 Å². The van der Waals surface area contributed by atoms with Crippen LogP contribution >= 0.6 is 0 Å². The quantitative estimate of drug-likeness (QED) is 0.691. The lowest BCUT2D eigenvalue weighted by Crippen LogP contribution is -2.15. The second-order valence-corrected chi connectivity index (χ2v) is 6.38. The third-order valence-corrected chi connectivity index (χ3v) is 4.47. The van der Waals surface area contributed by atoms with E-state index in [-0.39, 0.29) is 5.91 Å². The minimum absolute atomic E-state index is 0.244. The zero-order chi connectivity index (χ0) is 19.3. The Balaban J connectivity index is 1.50. The lowest BCUT2D eigenvalue weighted by molar-refractivity contribution is 0.102. The molecule has 0 spiro atoms. The van der Waals surface area contributed by atoms with Crippen LogP contribution in [-0.4, -0.2) is 24.1 Å². The van der Waals surface area contributed by atoms with Gasteiger partial charge in [-0.15, -0.1) is 0 Å². The maximum Gasteiger partial charge on any atom is 0.274 e. The number of nitrogens with one attached hydrogen (secondary N) is 2. The van der Waals surface area contributed by atoms with Crippen LogP contribution in [0.2, 0.25) is 0 Å². The van der Waals surface area contributed by atoms with E-state index in [1.54, 1.807) is 12.3 Å². The summed E-state index contributed by atoms with van der Waals surface area (Å²) in [6, 6.07) is 17.0. The van der Waals surface area contributed by atoms with Crippen molar-refractivity contribution in [1.82, 2.24) is 4.98 Å². The molecule has 0 saturated carbocycles. The summed E-state index contributed by atoms with van der Waals surface area (Å²) in [5.41, 5.74) is 3.84. The van der Waals surface area contributed by atoms with Crippen LogP contribution in [0.3, 0.4) is 0 Å². The van der Waals surface area contributed by atoms with Crippen molar-refractivity contribution in [1.29, 1.82) is 0 Å². The molecule has 6 nitrogen and oxygen atoms in total. The Bertz CT molecular complexity index is 1000. The molecule has 4 rings (SSSR count). The third kappa shape index (κ3) is 3.91. The number of benzene rings is 2. The fraction of sp³-hybridized carbons (Fsp3) is 0.182. The minimum Gasteiger partial charge on any atom is -0.486 e. The first kappa shape index (κ1) is 17.9. The van der Waals surface area contributed by atoms with Crippen LogP contribution in [0.5, 0.6) is 11.5 Å². The number of nitrogens with zero attached hydrogens (tertiary/aromatic N) is 1. The van der Waals surface area contributed by atoms with Crippen molar-refractivity contribution in [3.8, 4) is 11.5 Å². The number of aromatic nitrogens is 1. The Morgan fingerprint density at radius 1 is 1.00 bits per heavy atom. The normalized spacial score (nSPS) is 12.3. The molecule has 0 atom stereocenters. The van der Waals surface area contributed by atoms with Gasteiger partial charge in [0.1, 0.15) is 18.9 Å². The van der Waals surface area contributed by atoms with Gasteiger partial charge in [-0.25, -0.2) is 0 Å². The zero-order valence-corrected chi connectivity index (χ0v) is 15.6. The molecule has 2 aromatic carbocycles. The Hall–Kier alpha value is -3.54. The molecule has 0 aliphatic carbocycles. The third-order valence-electron chi connectivity index (χ3n) is 4.47. The number of pyridine rings is 1. The number of fused-ring (bicyclic) bond motifs is 1. The number of para-hydroxylation sites is 1. The van der Waals surface area contributed by atoms with Crippen LogP contribution in [0.4, 0.5) is 17.1 Å². The van der Waals surface area contributed by atoms with Crippen molar-refractivity contribution in [2.24, 2.45) is 0 Å². The molecule has 6 heteroatoms. The van der Waals surface area contributed by atoms with E-state index in [1.807, 2.05) is 48.5 Å². The van der Waals surface area contributed by atoms with Crippen molar-refractivity contribution in [2.45, 2.75) is 13.3 Å². The molecule has 0 bridgehead atoms. The lowest BCUT2D eigenvalue weighted by atomic mass is 10.1. The van der Waals surface area contributed by atoms with Crippen LogP contribution in [-0.2, 0) is 6.42 Å². The SMILES string of the molecule is CCc1ccccc1NC(=O)c1cc(Nc2ccc3c(c2)OCCO3)ccn1. The molecule has 1 aliphatic rings. The molecule has 0 fully saturated rings. The number of aryl methyl sites for hydroxylation is 1. The number of hydrogen-bond donors (Lipinski definition) is 2. The predicted octanol–water partition coefficient (Wildman–Crippen LogP) is 4.41. The Morgan fingerprint density at radius 2 is 1.79 bits per heavy atom. The summed E-state index contributed by atoms with van der Waals surface area (Å²) in [5.74, 6) is 1.20. The maximum atomic E-state index is 12.6. The molecule has 1 aromatic heterocycles. The van der Waals surface area contributed by atoms with Gasteiger partial charge in [0, 0.05) is 29.3 Å². The van der Waals surface area contributed by atoms with E-state index in [1.165, 1.54) is 0 Å². The minimum atomic E-state index is -0.244. The second-order valence-electron chi connectivity index (χ2n) is 6.38. The molecular weight excluding hydrogens is 354 g/mol. The van der Waals surface area contributed by atoms with Crippen molar-refractivity contribution < 1.29 is 14.3 Å². The number of carbonyl (C=O) groups is 1. The molecule has 0 saturated heterocycles. The van der Waals surface area contributed by atoms with E-state index in [4.69, 9.17) is 9.47 Å². The van der Waals surface area contributed by atoms with E-state index in [0.29, 0.717) is 24.7 Å². The number of ether oxygens (including phenoxy) is 2. The number of hydrogen-bond acceptors (Lipinski definition) is 5. The first-order valence-electron chi connectivity index (χ1n) is 9.25. The number of amides is 1. The summed E-state index contributed by atoms with van der Waals surface area (Å²) < 4.78 is 11.1. The highest BCUT2D eigenvalue weighted by Crippen LogP contribution is 2.33. The molecule has 1 aliphatic heterocycles. The van der Waals surface area contributed by atoms with Crippen molar-refractivity contribution >= 4 is 23.0 Å². The topological polar surface area (TPSA) is 72.5 Å². The first-order chi connectivity index (χ1) is 13.7. The van der Waals surface area contributed by atoms with Gasteiger partial charge in [-0.2, -0.15) is 0 Å². The summed E-state index contributed by atoms with van der Waals surface area (Å²) in [6.07, 6.45) is 2.45. The van der Waals surface area contributed by atoms with Gasteiger partial charge < -0.3 is 20.1 Å². The maximum absolute atomic E-state index is 12.6. The smallest absolute Gasteiger partial charge is 0.274 e. The van der Waals surface area contributed by atoms with Gasteiger partial charge in [-0.05, 0) is 42.3 Å². The van der Waals surface area contributed by atoms with Gasteiger partial charge in [-0.3, -0.25) is 9.78 Å². The van der Waals surface area contributed by atoms with E-state index in [2.05, 4.69) is 22.5 Å². The van der Waals surface area contributed by atoms with Gasteiger partial charge in [0.05, 0.1) is 0 Å². The highest BCUT2D eigenvalue weighted by atomic mass is 16.6. The fourth-order valence-corrected chi connectivity index (χ4v) is 3.06. The molecule has 2 N–H and O–H groups in total. The molecular formula is C22H21N3O3. The summed E-state index contributed by atoms with van der Waals surface area (Å²) in [4.78, 5) is 16.8. The fourth-order valence-electron chi connectivity index (χ4n) is 3.06. The predicted molar refractivity (Wildman–Crippen MR) is 109 cm³/mol. The van der Waals surface area contributed by atoms with Gasteiger partial charge in [0.25, 0.3) is 5.91 Å². The second kappa shape index (κ2) is 8.00. The van der Waals surface area contributed by atoms with Crippen molar-refractivity contribution in [3.63, 3.8) is 0 Å². The Kier molecular flexibility index (Phi) is 5.10. The van der Waals surface area contributed by atoms with E-state index in [9.17, 15) is 4.79 Å². The van der Waals surface area contributed by atoms with Crippen LogP contribution in [0.15, 0.2) is 60.8 Å².